The summed E-state index contributed by atoms with van der Waals surface area (Å²) in [6.45, 7) is -1.19. The van der Waals surface area contributed by atoms with Gasteiger partial charge in [-0.3, -0.25) is 19.6 Å². The number of hydrogen-bond acceptors (Lipinski definition) is 4. The summed E-state index contributed by atoms with van der Waals surface area (Å²) in [6, 6.07) is 7.91. The van der Waals surface area contributed by atoms with Crippen molar-refractivity contribution in [3.63, 3.8) is 0 Å². The van der Waals surface area contributed by atoms with E-state index in [1.807, 2.05) is 5.32 Å². The van der Waals surface area contributed by atoms with E-state index in [4.69, 9.17) is 5.11 Å². The van der Waals surface area contributed by atoms with Gasteiger partial charge in [-0.05, 0) is 12.1 Å². The van der Waals surface area contributed by atoms with Crippen LogP contribution in [0.3, 0.4) is 0 Å². The Morgan fingerprint density at radius 3 is 2.33 bits per heavy atom. The summed E-state index contributed by atoms with van der Waals surface area (Å²) >= 11 is 0. The molecule has 1 rings (SSSR count). The SMILES string of the molecule is O=C(O)CNC(=O)CN(O)C(=O)c1ccccc1. The molecule has 0 aromatic heterocycles. The summed E-state index contributed by atoms with van der Waals surface area (Å²) in [7, 11) is 0. The molecular formula is C11H12N2O5. The van der Waals surface area contributed by atoms with E-state index in [1.54, 1.807) is 18.2 Å². The normalized spacial score (nSPS) is 9.61. The van der Waals surface area contributed by atoms with Gasteiger partial charge in [-0.25, -0.2) is 5.06 Å². The number of amides is 2. The molecule has 0 heterocycles. The van der Waals surface area contributed by atoms with Crippen LogP contribution >= 0.6 is 0 Å². The molecule has 0 saturated heterocycles. The molecule has 0 saturated carbocycles. The summed E-state index contributed by atoms with van der Waals surface area (Å²) in [4.78, 5) is 33.0. The molecule has 0 aliphatic rings. The van der Waals surface area contributed by atoms with Crippen molar-refractivity contribution >= 4 is 17.8 Å². The Balaban J connectivity index is 2.50. The van der Waals surface area contributed by atoms with Gasteiger partial charge in [-0.1, -0.05) is 18.2 Å². The number of nitrogens with one attached hydrogen (secondary N) is 1. The van der Waals surface area contributed by atoms with Crippen molar-refractivity contribution in [2.45, 2.75) is 0 Å². The highest BCUT2D eigenvalue weighted by atomic mass is 16.5. The van der Waals surface area contributed by atoms with Crippen LogP contribution in [-0.4, -0.2) is 46.3 Å². The fraction of sp³-hybridized carbons (Fsp3) is 0.182. The Morgan fingerprint density at radius 2 is 1.78 bits per heavy atom. The van der Waals surface area contributed by atoms with Crippen LogP contribution in [0.25, 0.3) is 0 Å². The molecule has 1 aromatic rings. The Bertz CT molecular complexity index is 446. The zero-order valence-electron chi connectivity index (χ0n) is 9.37. The molecule has 2 amide bonds. The highest BCUT2D eigenvalue weighted by molar-refractivity contribution is 5.95. The molecule has 0 aliphatic heterocycles. The topological polar surface area (TPSA) is 107 Å². The Morgan fingerprint density at radius 1 is 1.17 bits per heavy atom. The average molecular weight is 252 g/mol. The number of carbonyl (C=O) groups is 3. The van der Waals surface area contributed by atoms with Gasteiger partial charge < -0.3 is 10.4 Å². The average Bonchev–Trinajstić information content (AvgIpc) is 2.36. The molecule has 7 nitrogen and oxygen atoms in total. The lowest BCUT2D eigenvalue weighted by atomic mass is 10.2. The van der Waals surface area contributed by atoms with Crippen LogP contribution < -0.4 is 5.32 Å². The largest absolute Gasteiger partial charge is 0.480 e. The van der Waals surface area contributed by atoms with Gasteiger partial charge >= 0.3 is 5.97 Å². The van der Waals surface area contributed by atoms with Crippen molar-refractivity contribution in [2.75, 3.05) is 13.1 Å². The van der Waals surface area contributed by atoms with Crippen LogP contribution in [-0.2, 0) is 9.59 Å². The lowest BCUT2D eigenvalue weighted by Gasteiger charge is -2.14. The Hall–Kier alpha value is -2.41. The first-order valence-corrected chi connectivity index (χ1v) is 5.05. The first kappa shape index (κ1) is 13.7. The summed E-state index contributed by atoms with van der Waals surface area (Å²) < 4.78 is 0. The zero-order chi connectivity index (χ0) is 13.5. The number of rotatable bonds is 5. The predicted octanol–water partition coefficient (Wildman–Crippen LogP) is -0.281. The number of hydrogen-bond donors (Lipinski definition) is 3. The molecule has 7 heteroatoms. The molecule has 3 N–H and O–H groups in total. The highest BCUT2D eigenvalue weighted by Gasteiger charge is 2.16. The second-order valence-electron chi connectivity index (χ2n) is 3.40. The fourth-order valence-electron chi connectivity index (χ4n) is 1.17. The van der Waals surface area contributed by atoms with Crippen LogP contribution in [0.15, 0.2) is 30.3 Å². The van der Waals surface area contributed by atoms with E-state index >= 15 is 0 Å². The van der Waals surface area contributed by atoms with Crippen molar-refractivity contribution in [3.8, 4) is 0 Å². The monoisotopic (exact) mass is 252 g/mol. The van der Waals surface area contributed by atoms with E-state index in [9.17, 15) is 19.6 Å². The zero-order valence-corrected chi connectivity index (χ0v) is 9.37. The van der Waals surface area contributed by atoms with Gasteiger partial charge in [0.2, 0.25) is 5.91 Å². The number of nitrogens with zero attached hydrogens (tertiary/aromatic N) is 1. The smallest absolute Gasteiger partial charge is 0.322 e. The number of aliphatic carboxylic acids is 1. The number of hydroxylamine groups is 2. The van der Waals surface area contributed by atoms with Crippen LogP contribution in [0.2, 0.25) is 0 Å². The van der Waals surface area contributed by atoms with Gasteiger partial charge in [0.15, 0.2) is 0 Å². The van der Waals surface area contributed by atoms with Crippen molar-refractivity contribution in [1.82, 2.24) is 10.4 Å². The van der Waals surface area contributed by atoms with E-state index in [0.717, 1.165) is 0 Å². The summed E-state index contributed by atoms with van der Waals surface area (Å²) in [6.07, 6.45) is 0. The number of carbonyl (C=O) groups excluding carboxylic acids is 2. The second-order valence-corrected chi connectivity index (χ2v) is 3.40. The van der Waals surface area contributed by atoms with E-state index in [1.165, 1.54) is 12.1 Å². The van der Waals surface area contributed by atoms with Crippen molar-refractivity contribution < 1.29 is 24.7 Å². The summed E-state index contributed by atoms with van der Waals surface area (Å²) in [5, 5.41) is 20.0. The standard InChI is InChI=1S/C11H12N2O5/c14-9(12-6-10(15)16)7-13(18)11(17)8-4-2-1-3-5-8/h1-5,18H,6-7H2,(H,12,14)(H,15,16). The second kappa shape index (κ2) is 6.36. The Kier molecular flexibility index (Phi) is 4.82. The Labute approximate surface area is 103 Å². The van der Waals surface area contributed by atoms with Crippen molar-refractivity contribution in [3.05, 3.63) is 35.9 Å². The van der Waals surface area contributed by atoms with Gasteiger partial charge in [-0.2, -0.15) is 0 Å². The molecule has 0 fully saturated rings. The molecule has 0 radical (unpaired) electrons. The van der Waals surface area contributed by atoms with E-state index in [2.05, 4.69) is 0 Å². The van der Waals surface area contributed by atoms with Crippen molar-refractivity contribution in [2.24, 2.45) is 0 Å². The lowest BCUT2D eigenvalue weighted by Crippen LogP contribution is -2.40. The third-order valence-electron chi connectivity index (χ3n) is 1.99. The molecular weight excluding hydrogens is 240 g/mol. The molecule has 0 spiro atoms. The molecule has 1 aromatic carbocycles. The van der Waals surface area contributed by atoms with Gasteiger partial charge in [-0.15, -0.1) is 0 Å². The minimum absolute atomic E-state index is 0.228. The van der Waals surface area contributed by atoms with Gasteiger partial charge in [0.05, 0.1) is 0 Å². The molecule has 0 bridgehead atoms. The van der Waals surface area contributed by atoms with Crippen LogP contribution in [0.5, 0.6) is 0 Å². The molecule has 0 aliphatic carbocycles. The van der Waals surface area contributed by atoms with E-state index in [-0.39, 0.29) is 10.6 Å². The molecule has 96 valence electrons. The predicted molar refractivity (Wildman–Crippen MR) is 59.9 cm³/mol. The maximum absolute atomic E-state index is 11.6. The van der Waals surface area contributed by atoms with E-state index in [0.29, 0.717) is 0 Å². The van der Waals surface area contributed by atoms with Crippen molar-refractivity contribution in [1.29, 1.82) is 0 Å². The molecule has 0 atom stereocenters. The number of benzene rings is 1. The number of carboxylic acid groups (broad SMARTS) is 1. The maximum atomic E-state index is 11.6. The molecule has 0 unspecified atom stereocenters. The third kappa shape index (κ3) is 4.22. The van der Waals surface area contributed by atoms with Gasteiger partial charge in [0.1, 0.15) is 13.1 Å². The molecule has 18 heavy (non-hydrogen) atoms. The summed E-state index contributed by atoms with van der Waals surface area (Å²) in [5.41, 5.74) is 0.228. The lowest BCUT2D eigenvalue weighted by molar-refractivity contribution is -0.139. The quantitative estimate of drug-likeness (QED) is 0.493. The van der Waals surface area contributed by atoms with E-state index < -0.39 is 30.9 Å². The first-order chi connectivity index (χ1) is 8.50. The first-order valence-electron chi connectivity index (χ1n) is 5.05. The minimum atomic E-state index is -1.21. The summed E-state index contributed by atoms with van der Waals surface area (Å²) in [5.74, 6) is -2.70. The minimum Gasteiger partial charge on any atom is -0.480 e. The van der Waals surface area contributed by atoms with Gasteiger partial charge in [0.25, 0.3) is 5.91 Å². The third-order valence-corrected chi connectivity index (χ3v) is 1.99. The van der Waals surface area contributed by atoms with Crippen LogP contribution in [0.1, 0.15) is 10.4 Å². The van der Waals surface area contributed by atoms with Gasteiger partial charge in [0, 0.05) is 5.56 Å². The maximum Gasteiger partial charge on any atom is 0.322 e. The van der Waals surface area contributed by atoms with Crippen LogP contribution in [0, 0.1) is 0 Å². The highest BCUT2D eigenvalue weighted by Crippen LogP contribution is 2.02. The van der Waals surface area contributed by atoms with Crippen LogP contribution in [0.4, 0.5) is 0 Å². The number of carboxylic acids is 1. The fourth-order valence-corrected chi connectivity index (χ4v) is 1.17.